The number of aliphatic hydroxyl groups excluding tert-OH is 1. The highest BCUT2D eigenvalue weighted by Crippen LogP contribution is 2.68. The quantitative estimate of drug-likeness (QED) is 0.709. The van der Waals surface area contributed by atoms with Gasteiger partial charge in [0.1, 0.15) is 0 Å². The summed E-state index contributed by atoms with van der Waals surface area (Å²) in [7, 11) is 0. The Bertz CT molecular complexity index is 195. The molecule has 13 heavy (non-hydrogen) atoms. The lowest BCUT2D eigenvalue weighted by molar-refractivity contribution is 0.0384. The standard InChI is InChI=1S/C10H16F2O/c11-10(12)7-9(10)4-1-8(2-5-9)3-6-13/h8,13H,1-7H2. The monoisotopic (exact) mass is 190 g/mol. The third-order valence-corrected chi connectivity index (χ3v) is 3.81. The van der Waals surface area contributed by atoms with Gasteiger partial charge in [-0.05, 0) is 38.0 Å². The summed E-state index contributed by atoms with van der Waals surface area (Å²) >= 11 is 0. The summed E-state index contributed by atoms with van der Waals surface area (Å²) in [6.45, 7) is 0.202. The smallest absolute Gasteiger partial charge is 0.254 e. The van der Waals surface area contributed by atoms with Gasteiger partial charge in [-0.15, -0.1) is 0 Å². The second-order valence-electron chi connectivity index (χ2n) is 4.62. The molecule has 1 nitrogen and oxygen atoms in total. The molecular formula is C10H16F2O. The van der Waals surface area contributed by atoms with E-state index >= 15 is 0 Å². The number of hydrogen-bond acceptors (Lipinski definition) is 1. The maximum atomic E-state index is 12.9. The van der Waals surface area contributed by atoms with Crippen molar-refractivity contribution in [2.75, 3.05) is 6.61 Å². The van der Waals surface area contributed by atoms with Gasteiger partial charge >= 0.3 is 0 Å². The van der Waals surface area contributed by atoms with Gasteiger partial charge in [0.05, 0.1) is 0 Å². The Morgan fingerprint density at radius 3 is 2.15 bits per heavy atom. The van der Waals surface area contributed by atoms with Crippen LogP contribution in [0.15, 0.2) is 0 Å². The minimum absolute atomic E-state index is 0.117. The zero-order valence-electron chi connectivity index (χ0n) is 7.73. The summed E-state index contributed by atoms with van der Waals surface area (Å²) in [5.41, 5.74) is -0.612. The molecule has 0 radical (unpaired) electrons. The molecule has 0 unspecified atom stereocenters. The van der Waals surface area contributed by atoms with Crippen LogP contribution in [0, 0.1) is 11.3 Å². The van der Waals surface area contributed by atoms with Crippen LogP contribution in [0.5, 0.6) is 0 Å². The summed E-state index contributed by atoms with van der Waals surface area (Å²) in [5, 5.41) is 8.72. The lowest BCUT2D eigenvalue weighted by Gasteiger charge is -2.28. The van der Waals surface area contributed by atoms with E-state index in [1.807, 2.05) is 0 Å². The average molecular weight is 190 g/mol. The molecule has 3 heteroatoms. The summed E-state index contributed by atoms with van der Waals surface area (Å²) < 4.78 is 25.9. The fourth-order valence-electron chi connectivity index (χ4n) is 2.62. The third kappa shape index (κ3) is 1.47. The molecule has 0 aromatic heterocycles. The summed E-state index contributed by atoms with van der Waals surface area (Å²) in [5.74, 6) is -1.87. The minimum Gasteiger partial charge on any atom is -0.396 e. The second-order valence-corrected chi connectivity index (χ2v) is 4.62. The van der Waals surface area contributed by atoms with Crippen molar-refractivity contribution in [3.63, 3.8) is 0 Å². The molecule has 2 rings (SSSR count). The lowest BCUT2D eigenvalue weighted by atomic mass is 9.78. The van der Waals surface area contributed by atoms with Crippen LogP contribution in [0.2, 0.25) is 0 Å². The van der Waals surface area contributed by atoms with Crippen molar-refractivity contribution in [3.8, 4) is 0 Å². The Morgan fingerprint density at radius 2 is 1.77 bits per heavy atom. The van der Waals surface area contributed by atoms with Crippen LogP contribution >= 0.6 is 0 Å². The van der Waals surface area contributed by atoms with E-state index in [0.29, 0.717) is 18.8 Å². The average Bonchev–Trinajstić information content (AvgIpc) is 2.59. The van der Waals surface area contributed by atoms with Crippen LogP contribution in [0.1, 0.15) is 38.5 Å². The Kier molecular flexibility index (Phi) is 2.10. The lowest BCUT2D eigenvalue weighted by Crippen LogP contribution is -2.21. The van der Waals surface area contributed by atoms with Crippen molar-refractivity contribution in [1.29, 1.82) is 0 Å². The molecule has 76 valence electrons. The molecule has 0 aliphatic heterocycles. The van der Waals surface area contributed by atoms with Crippen LogP contribution < -0.4 is 0 Å². The van der Waals surface area contributed by atoms with Crippen molar-refractivity contribution in [2.24, 2.45) is 11.3 Å². The normalized spacial score (nSPS) is 42.2. The van der Waals surface area contributed by atoms with Crippen molar-refractivity contribution in [3.05, 3.63) is 0 Å². The predicted octanol–water partition coefficient (Wildman–Crippen LogP) is 2.58. The van der Waals surface area contributed by atoms with Crippen LogP contribution in [0.25, 0.3) is 0 Å². The van der Waals surface area contributed by atoms with Gasteiger partial charge in [-0.25, -0.2) is 8.78 Å². The van der Waals surface area contributed by atoms with E-state index < -0.39 is 11.3 Å². The number of rotatable bonds is 2. The molecule has 1 N–H and O–H groups in total. The number of aliphatic hydroxyl groups is 1. The van der Waals surface area contributed by atoms with Crippen molar-refractivity contribution < 1.29 is 13.9 Å². The molecule has 1 spiro atoms. The third-order valence-electron chi connectivity index (χ3n) is 3.81. The molecule has 0 aromatic rings. The van der Waals surface area contributed by atoms with E-state index in [4.69, 9.17) is 5.11 Å². The van der Waals surface area contributed by atoms with Crippen LogP contribution in [0.3, 0.4) is 0 Å². The van der Waals surface area contributed by atoms with Gasteiger partial charge in [0.15, 0.2) is 0 Å². The zero-order valence-corrected chi connectivity index (χ0v) is 7.73. The van der Waals surface area contributed by atoms with E-state index in [1.54, 1.807) is 0 Å². The zero-order chi connectivity index (χ0) is 9.53. The Hall–Kier alpha value is -0.180. The van der Waals surface area contributed by atoms with Crippen LogP contribution in [-0.4, -0.2) is 17.6 Å². The van der Waals surface area contributed by atoms with Gasteiger partial charge < -0.3 is 5.11 Å². The highest BCUT2D eigenvalue weighted by molar-refractivity contribution is 5.11. The molecular weight excluding hydrogens is 174 g/mol. The largest absolute Gasteiger partial charge is 0.396 e. The maximum Gasteiger partial charge on any atom is 0.254 e. The van der Waals surface area contributed by atoms with Crippen molar-refractivity contribution in [1.82, 2.24) is 0 Å². The summed E-state index contributed by atoms with van der Waals surface area (Å²) in [6.07, 6.45) is 4.02. The SMILES string of the molecule is OCCC1CCC2(CC1)CC2(F)F. The van der Waals surface area contributed by atoms with Crippen molar-refractivity contribution in [2.45, 2.75) is 44.4 Å². The van der Waals surface area contributed by atoms with E-state index in [0.717, 1.165) is 19.3 Å². The highest BCUT2D eigenvalue weighted by atomic mass is 19.3. The summed E-state index contributed by atoms with van der Waals surface area (Å²) in [6, 6.07) is 0. The molecule has 2 aliphatic rings. The van der Waals surface area contributed by atoms with Crippen LogP contribution in [0.4, 0.5) is 8.78 Å². The second kappa shape index (κ2) is 2.91. The molecule has 0 atom stereocenters. The first-order chi connectivity index (χ1) is 6.10. The molecule has 0 bridgehead atoms. The Morgan fingerprint density at radius 1 is 1.23 bits per heavy atom. The first kappa shape index (κ1) is 9.38. The van der Waals surface area contributed by atoms with E-state index in [-0.39, 0.29) is 13.0 Å². The van der Waals surface area contributed by atoms with Gasteiger partial charge in [0.2, 0.25) is 0 Å². The minimum atomic E-state index is -2.36. The Labute approximate surface area is 77.1 Å². The van der Waals surface area contributed by atoms with Gasteiger partial charge in [-0.3, -0.25) is 0 Å². The Balaban J connectivity index is 1.84. The molecule has 2 fully saturated rings. The molecule has 0 saturated heterocycles. The molecule has 0 heterocycles. The van der Waals surface area contributed by atoms with Gasteiger partial charge in [0, 0.05) is 18.4 Å². The molecule has 2 saturated carbocycles. The number of alkyl halides is 2. The van der Waals surface area contributed by atoms with Crippen LogP contribution in [-0.2, 0) is 0 Å². The topological polar surface area (TPSA) is 20.2 Å². The van der Waals surface area contributed by atoms with Gasteiger partial charge in [0.25, 0.3) is 5.92 Å². The summed E-state index contributed by atoms with van der Waals surface area (Å²) in [4.78, 5) is 0. The van der Waals surface area contributed by atoms with E-state index in [2.05, 4.69) is 0 Å². The predicted molar refractivity (Wildman–Crippen MR) is 45.7 cm³/mol. The highest BCUT2D eigenvalue weighted by Gasteiger charge is 2.70. The van der Waals surface area contributed by atoms with E-state index in [1.165, 1.54) is 0 Å². The number of halogens is 2. The molecule has 2 aliphatic carbocycles. The van der Waals surface area contributed by atoms with Gasteiger partial charge in [-0.1, -0.05) is 0 Å². The number of hydrogen-bond donors (Lipinski definition) is 1. The first-order valence-corrected chi connectivity index (χ1v) is 5.08. The van der Waals surface area contributed by atoms with Crippen molar-refractivity contribution >= 4 is 0 Å². The van der Waals surface area contributed by atoms with Gasteiger partial charge in [-0.2, -0.15) is 0 Å². The maximum absolute atomic E-state index is 12.9. The fraction of sp³-hybridized carbons (Fsp3) is 1.00. The molecule has 0 aromatic carbocycles. The fourth-order valence-corrected chi connectivity index (χ4v) is 2.62. The molecule has 0 amide bonds. The first-order valence-electron chi connectivity index (χ1n) is 5.08. The van der Waals surface area contributed by atoms with E-state index in [9.17, 15) is 8.78 Å².